The molecular weight excluding hydrogens is 1360 g/mol. The zero-order valence-electron chi connectivity index (χ0n) is 57.5. The van der Waals surface area contributed by atoms with E-state index in [4.69, 9.17) is 5.53 Å². The fourth-order valence-electron chi connectivity index (χ4n) is 3.37. The molecule has 0 bridgehead atoms. The van der Waals surface area contributed by atoms with Crippen molar-refractivity contribution in [1.82, 2.24) is 5.32 Å². The smallest absolute Gasteiger partial charge is 0.216 e. The van der Waals surface area contributed by atoms with Crippen LogP contribution in [-0.2, 0) is 4.79 Å². The van der Waals surface area contributed by atoms with Gasteiger partial charge in [0, 0.05) is 509 Å². The van der Waals surface area contributed by atoms with Crippen molar-refractivity contribution in [3.8, 4) is 604 Å². The number of hydrogen-bond acceptors (Lipinski definition) is 2. The second kappa shape index (κ2) is 89.4. The summed E-state index contributed by atoms with van der Waals surface area (Å²) >= 11 is 0. The molecule has 466 valence electrons. The van der Waals surface area contributed by atoms with Crippen LogP contribution >= 0.6 is 0 Å². The number of carbonyl (C=O) groups is 1. The van der Waals surface area contributed by atoms with Gasteiger partial charge < -0.3 is 5.32 Å². The van der Waals surface area contributed by atoms with Crippen molar-refractivity contribution in [2.75, 3.05) is 6.67 Å². The van der Waals surface area contributed by atoms with E-state index in [0.29, 0.717) is 0 Å². The van der Waals surface area contributed by atoms with Crippen molar-refractivity contribution in [3.05, 3.63) is 10.4 Å². The van der Waals surface area contributed by atoms with Crippen molar-refractivity contribution in [1.29, 1.82) is 0 Å². The van der Waals surface area contributed by atoms with Gasteiger partial charge in [-0.05, 0) is 114 Å². The molecule has 0 aromatic carbocycles. The molecule has 1 N–H and O–H groups in total. The van der Waals surface area contributed by atoms with Gasteiger partial charge in [-0.15, -0.1) is 0 Å². The first-order valence-corrected chi connectivity index (χ1v) is 28.3. The van der Waals surface area contributed by atoms with Gasteiger partial charge in [0.25, 0.3) is 0 Å². The topological polar surface area (TPSA) is 77.9 Å². The Bertz CT molecular complexity index is 7260. The summed E-state index contributed by atoms with van der Waals surface area (Å²) in [5, 5.41) is 5.35. The number of hydrogen-bond donors (Lipinski definition) is 1. The van der Waals surface area contributed by atoms with Crippen LogP contribution in [0.2, 0.25) is 0 Å². The first kappa shape index (κ1) is 90.4. The van der Waals surface area contributed by atoms with E-state index in [9.17, 15) is 4.79 Å². The summed E-state index contributed by atoms with van der Waals surface area (Å²) in [4.78, 5) is 12.4. The van der Waals surface area contributed by atoms with Gasteiger partial charge in [-0.2, -0.15) is 0 Å². The van der Waals surface area contributed by atoms with Crippen LogP contribution < -0.4 is 5.32 Å². The highest BCUT2D eigenvalue weighted by Gasteiger charge is 1.82. The number of nitrogens with zero attached hydrogens (tertiary/aromatic N) is 3. The summed E-state index contributed by atoms with van der Waals surface area (Å²) < 4.78 is 0. The van der Waals surface area contributed by atoms with Crippen LogP contribution in [-0.4, -0.2) is 12.6 Å². The summed E-state index contributed by atoms with van der Waals surface area (Å²) in [6.07, 6.45) is 0. The second-order valence-electron chi connectivity index (χ2n) is 14.1. The molecule has 0 spiro atoms. The predicted molar refractivity (Wildman–Crippen MR) is 436 cm³/mol. The van der Waals surface area contributed by atoms with E-state index < -0.39 is 0 Å². The summed E-state index contributed by atoms with van der Waals surface area (Å²) in [7, 11) is 0. The summed E-state index contributed by atoms with van der Waals surface area (Å²) in [6, 6.07) is 0. The fourth-order valence-corrected chi connectivity index (χ4v) is 3.37. The summed E-state index contributed by atoms with van der Waals surface area (Å²) in [5.41, 5.74) is 7.69. The molecule has 0 saturated carbocycles. The Morgan fingerprint density at radius 2 is 0.250 bits per heavy atom. The highest BCUT2D eigenvalue weighted by atomic mass is 16.1. The fraction of sp³-hybridized carbons (Fsp3) is 0.0374. The van der Waals surface area contributed by atoms with Crippen LogP contribution in [0.15, 0.2) is 5.11 Å². The minimum Gasteiger partial charge on any atom is -0.350 e. The molecular formula is C107H12N4O. The molecule has 0 radical (unpaired) electrons. The minimum absolute atomic E-state index is 0.0336. The zero-order valence-corrected chi connectivity index (χ0v) is 57.5. The average molecular weight is 1370 g/mol. The van der Waals surface area contributed by atoms with E-state index in [1.165, 1.54) is 6.92 Å². The lowest BCUT2D eigenvalue weighted by molar-refractivity contribution is -0.118. The molecule has 0 unspecified atom stereocenters. The molecule has 0 aromatic rings. The molecule has 0 heterocycles. The van der Waals surface area contributed by atoms with E-state index in [1.807, 2.05) is 0 Å². The van der Waals surface area contributed by atoms with Crippen molar-refractivity contribution < 1.29 is 4.79 Å². The van der Waals surface area contributed by atoms with E-state index in [-0.39, 0.29) is 12.6 Å². The number of azide groups is 1. The summed E-state index contributed by atoms with van der Waals surface area (Å²) in [6.45, 7) is 4.75. The van der Waals surface area contributed by atoms with E-state index >= 15 is 0 Å². The van der Waals surface area contributed by atoms with Gasteiger partial charge in [0.1, 0.15) is 0 Å². The van der Waals surface area contributed by atoms with Crippen molar-refractivity contribution in [3.63, 3.8) is 0 Å². The lowest BCUT2D eigenvalue weighted by Crippen LogP contribution is -2.18. The number of carbonyl (C=O) groups excluding carboxylic acids is 1. The van der Waals surface area contributed by atoms with E-state index in [1.54, 1.807) is 13.8 Å². The molecule has 0 fully saturated rings. The molecule has 5 heteroatoms. The van der Waals surface area contributed by atoms with E-state index in [0.717, 1.165) is 0 Å². The average Bonchev–Trinajstić information content (AvgIpc) is 3.83. The van der Waals surface area contributed by atoms with Gasteiger partial charge in [-0.3, -0.25) is 4.79 Å². The second-order valence-corrected chi connectivity index (χ2v) is 14.1. The van der Waals surface area contributed by atoms with Gasteiger partial charge in [-0.1, -0.05) is 17.0 Å². The lowest BCUT2D eigenvalue weighted by atomic mass is 10.4. The van der Waals surface area contributed by atoms with Crippen LogP contribution in [0.5, 0.6) is 0 Å². The normalized spacial score (nSPS) is 4.21. The molecule has 0 atom stereocenters. The Morgan fingerprint density at radius 3 is 0.304 bits per heavy atom. The third kappa shape index (κ3) is 92.7. The lowest BCUT2D eigenvalue weighted by Gasteiger charge is -1.89. The third-order valence-corrected chi connectivity index (χ3v) is 6.90. The first-order chi connectivity index (χ1) is 55.7. The monoisotopic (exact) mass is 1370 g/mol. The Labute approximate surface area is 658 Å². The molecule has 0 aliphatic heterocycles. The molecule has 0 aliphatic rings. The van der Waals surface area contributed by atoms with Gasteiger partial charge in [0.15, 0.2) is 0 Å². The number of nitrogens with one attached hydrogen (secondary N) is 1. The van der Waals surface area contributed by atoms with Crippen LogP contribution in [0.3, 0.4) is 0 Å². The molecule has 0 aromatic heterocycles. The van der Waals surface area contributed by atoms with Crippen molar-refractivity contribution in [2.24, 2.45) is 5.11 Å². The Hall–Kier alpha value is -23.7. The standard InChI is InChI=1S/C104H6.C3H6N4O/c1-3-5-7-9-11-13-15-17-19-21-23-25-27-29-31-33-35-37-39-41-43-45-47-49-51-53-55-57-59-61-63-65-67-69-71-73-75-77-79-81-83-85-87-89-91-93-95-97-99-101-103-104-102-100-98-96-94-92-90-88-86-84-82-80-78-76-74-72-70-68-66-64-62-60-58-56-54-52-50-48-46-44-42-40-38-36-34-32-30-28-26-24-22-20-18-16-14-12-10-8-6-4-2;1-3(8)5-2-6-7-4/h1-2H3;2H2,1H3,(H,5,8). The van der Waals surface area contributed by atoms with Crippen LogP contribution in [0, 0.1) is 604 Å². The predicted octanol–water partition coefficient (Wildman–Crippen LogP) is 1.59. The third-order valence-electron chi connectivity index (χ3n) is 6.90. The number of rotatable bonds is 2. The van der Waals surface area contributed by atoms with Gasteiger partial charge in [0.05, 0.1) is 6.67 Å². The van der Waals surface area contributed by atoms with Crippen LogP contribution in [0.25, 0.3) is 10.4 Å². The maximum Gasteiger partial charge on any atom is 0.216 e. The zero-order chi connectivity index (χ0) is 80.5. The first-order valence-electron chi connectivity index (χ1n) is 28.3. The summed E-state index contributed by atoms with van der Waals surface area (Å²) in [5.74, 6) is 255. The largest absolute Gasteiger partial charge is 0.350 e. The Morgan fingerprint density at radius 1 is 0.179 bits per heavy atom. The molecule has 5 nitrogen and oxygen atoms in total. The van der Waals surface area contributed by atoms with Crippen LogP contribution in [0.1, 0.15) is 20.8 Å². The molecule has 112 heavy (non-hydrogen) atoms. The van der Waals surface area contributed by atoms with Gasteiger partial charge in [0.2, 0.25) is 5.91 Å². The van der Waals surface area contributed by atoms with Gasteiger partial charge >= 0.3 is 0 Å². The maximum absolute atomic E-state index is 10.0. The molecule has 0 rings (SSSR count). The highest BCUT2D eigenvalue weighted by Crippen LogP contribution is 1.69. The van der Waals surface area contributed by atoms with Gasteiger partial charge in [-0.25, -0.2) is 0 Å². The number of amides is 1. The molecule has 0 saturated heterocycles. The maximum atomic E-state index is 10.0. The Kier molecular flexibility index (Phi) is 72.2. The van der Waals surface area contributed by atoms with Crippen molar-refractivity contribution >= 4 is 5.91 Å². The Balaban J connectivity index is 0. The quantitative estimate of drug-likeness (QED) is 0.194. The SMILES string of the molecule is CC#CC#CC#CC#CC#CC#CC#CC#CC#CC#CC#CC#CC#CC#CC#CC#CC#CC#CC#CC#CC#CC#CC#CC#CC#CC#CC#CC#CC#CC#CC#CC#CC#CC#CC#CC#CC#CC#CC#CC#CC#CC#CC#CC#CC#CC#CC#CC#CC#CC#CC#CC.CC(=O)NCN=[N+]=[N-]. The van der Waals surface area contributed by atoms with Crippen LogP contribution in [0.4, 0.5) is 0 Å². The van der Waals surface area contributed by atoms with Crippen molar-refractivity contribution in [2.45, 2.75) is 20.8 Å². The minimum atomic E-state index is -0.197. The molecule has 1 amide bonds. The highest BCUT2D eigenvalue weighted by molar-refractivity contribution is 5.72. The van der Waals surface area contributed by atoms with E-state index in [2.05, 4.69) is 619 Å². The molecule has 0 aliphatic carbocycles.